The Morgan fingerprint density at radius 3 is 2.59 bits per heavy atom. The molecule has 168 valence electrons. The van der Waals surface area contributed by atoms with Crippen LogP contribution >= 0.6 is 23.4 Å². The Bertz CT molecular complexity index is 1150. The quantitative estimate of drug-likeness (QED) is 0.561. The van der Waals surface area contributed by atoms with E-state index in [0.717, 1.165) is 35.5 Å². The third kappa shape index (κ3) is 4.35. The summed E-state index contributed by atoms with van der Waals surface area (Å²) in [6.07, 6.45) is -4.56. The van der Waals surface area contributed by atoms with E-state index in [1.807, 2.05) is 0 Å². The number of alkyl halides is 3. The van der Waals surface area contributed by atoms with Crippen molar-refractivity contribution in [2.24, 2.45) is 0 Å². The molecule has 0 saturated heterocycles. The number of thioether (sulfide) groups is 1. The van der Waals surface area contributed by atoms with Crippen LogP contribution in [0.2, 0.25) is 5.02 Å². The molecule has 0 spiro atoms. The molecule has 4 rings (SSSR count). The maximum Gasteiger partial charge on any atom is 0.416 e. The number of ether oxygens (including phenoxy) is 1. The van der Waals surface area contributed by atoms with E-state index in [1.54, 1.807) is 43.0 Å². The van der Waals surface area contributed by atoms with Gasteiger partial charge in [0, 0.05) is 0 Å². The number of anilines is 1. The third-order valence-electron chi connectivity index (χ3n) is 4.88. The van der Waals surface area contributed by atoms with Crippen molar-refractivity contribution in [1.29, 1.82) is 0 Å². The Kier molecular flexibility index (Phi) is 5.95. The average molecular weight is 484 g/mol. The first-order chi connectivity index (χ1) is 15.2. The molecule has 2 aromatic carbocycles. The molecule has 2 heterocycles. The Hall–Kier alpha value is -2.92. The zero-order valence-corrected chi connectivity index (χ0v) is 18.3. The second-order valence-corrected chi connectivity index (χ2v) is 8.48. The molecule has 3 aromatic rings. The van der Waals surface area contributed by atoms with Crippen LogP contribution in [0.3, 0.4) is 0 Å². The molecule has 0 aliphatic carbocycles. The minimum atomic E-state index is -4.56. The van der Waals surface area contributed by atoms with E-state index >= 15 is 0 Å². The van der Waals surface area contributed by atoms with E-state index in [0.29, 0.717) is 16.7 Å². The van der Waals surface area contributed by atoms with E-state index in [2.05, 4.69) is 20.9 Å². The molecule has 2 atom stereocenters. The largest absolute Gasteiger partial charge is 0.497 e. The van der Waals surface area contributed by atoms with Crippen LogP contribution in [-0.2, 0) is 11.0 Å². The minimum absolute atomic E-state index is 0.000118. The number of aryl methyl sites for hydroxylation is 1. The van der Waals surface area contributed by atoms with E-state index in [1.165, 1.54) is 0 Å². The molecule has 2 N–H and O–H groups in total. The number of hydrogen-bond acceptors (Lipinski definition) is 6. The summed E-state index contributed by atoms with van der Waals surface area (Å²) in [6.45, 7) is 1.76. The Labute approximate surface area is 190 Å². The number of carbonyl (C=O) groups is 1. The highest BCUT2D eigenvalue weighted by Crippen LogP contribution is 2.39. The maximum atomic E-state index is 13.2. The van der Waals surface area contributed by atoms with Gasteiger partial charge in [-0.2, -0.15) is 13.2 Å². The number of halogens is 4. The molecule has 0 unspecified atom stereocenters. The normalized spacial score (nSPS) is 17.9. The second kappa shape index (κ2) is 8.55. The van der Waals surface area contributed by atoms with Gasteiger partial charge in [0.15, 0.2) is 0 Å². The van der Waals surface area contributed by atoms with Gasteiger partial charge in [0.1, 0.15) is 16.8 Å². The van der Waals surface area contributed by atoms with Crippen molar-refractivity contribution in [1.82, 2.24) is 14.9 Å². The topological polar surface area (TPSA) is 81.1 Å². The molecule has 32 heavy (non-hydrogen) atoms. The van der Waals surface area contributed by atoms with Crippen LogP contribution in [0.25, 0.3) is 0 Å². The number of nitrogens with zero attached hydrogens (tertiary/aromatic N) is 3. The Balaban J connectivity index is 1.67. The SMILES string of the molecule is COc1ccc([C@H]2Nn3c(C)nnc3S[C@H]2C(=O)Nc2cc(C(F)(F)F)ccc2Cl)cc1. The number of nitrogens with one attached hydrogen (secondary N) is 2. The van der Waals surface area contributed by atoms with Crippen LogP contribution in [0.5, 0.6) is 5.75 Å². The maximum absolute atomic E-state index is 13.2. The van der Waals surface area contributed by atoms with Gasteiger partial charge in [-0.1, -0.05) is 35.5 Å². The van der Waals surface area contributed by atoms with Crippen molar-refractivity contribution in [2.75, 3.05) is 17.9 Å². The van der Waals surface area contributed by atoms with Gasteiger partial charge in [-0.3, -0.25) is 4.79 Å². The van der Waals surface area contributed by atoms with Crippen LogP contribution in [0.4, 0.5) is 18.9 Å². The lowest BCUT2D eigenvalue weighted by atomic mass is 10.0. The number of aromatic nitrogens is 3. The molecule has 12 heteroatoms. The number of benzene rings is 2. The van der Waals surface area contributed by atoms with E-state index in [-0.39, 0.29) is 10.7 Å². The van der Waals surface area contributed by atoms with Crippen LogP contribution in [-0.4, -0.2) is 33.1 Å². The van der Waals surface area contributed by atoms with E-state index < -0.39 is 28.9 Å². The molecule has 1 amide bonds. The molecular weight excluding hydrogens is 467 g/mol. The van der Waals surface area contributed by atoms with Crippen molar-refractivity contribution in [3.8, 4) is 5.75 Å². The summed E-state index contributed by atoms with van der Waals surface area (Å²) >= 11 is 7.21. The summed E-state index contributed by atoms with van der Waals surface area (Å²) in [4.78, 5) is 13.2. The van der Waals surface area contributed by atoms with Crippen molar-refractivity contribution < 1.29 is 22.7 Å². The van der Waals surface area contributed by atoms with Crippen LogP contribution in [0.15, 0.2) is 47.6 Å². The smallest absolute Gasteiger partial charge is 0.416 e. The molecule has 0 radical (unpaired) electrons. The van der Waals surface area contributed by atoms with Gasteiger partial charge in [0.2, 0.25) is 11.1 Å². The fraction of sp³-hybridized carbons (Fsp3) is 0.250. The lowest BCUT2D eigenvalue weighted by Gasteiger charge is -2.32. The molecule has 0 fully saturated rings. The molecular formula is C20H17ClF3N5O2S. The summed E-state index contributed by atoms with van der Waals surface area (Å²) in [7, 11) is 1.55. The number of methoxy groups -OCH3 is 1. The molecule has 0 saturated carbocycles. The van der Waals surface area contributed by atoms with Crippen LogP contribution in [0, 0.1) is 6.92 Å². The number of amides is 1. The minimum Gasteiger partial charge on any atom is -0.497 e. The van der Waals surface area contributed by atoms with Gasteiger partial charge >= 0.3 is 6.18 Å². The number of fused-ring (bicyclic) bond motifs is 1. The number of rotatable bonds is 4. The molecule has 1 aliphatic heterocycles. The van der Waals surface area contributed by atoms with E-state index in [9.17, 15) is 18.0 Å². The molecule has 0 bridgehead atoms. The highest BCUT2D eigenvalue weighted by Gasteiger charge is 2.38. The number of hydrogen-bond donors (Lipinski definition) is 2. The molecule has 1 aliphatic rings. The van der Waals surface area contributed by atoms with Crippen molar-refractivity contribution in [3.63, 3.8) is 0 Å². The van der Waals surface area contributed by atoms with Gasteiger partial charge in [-0.25, -0.2) is 4.68 Å². The monoisotopic (exact) mass is 483 g/mol. The Morgan fingerprint density at radius 1 is 1.22 bits per heavy atom. The van der Waals surface area contributed by atoms with Gasteiger partial charge in [0.25, 0.3) is 0 Å². The summed E-state index contributed by atoms with van der Waals surface area (Å²) in [5.74, 6) is 0.720. The first-order valence-corrected chi connectivity index (χ1v) is 10.6. The van der Waals surface area contributed by atoms with Gasteiger partial charge < -0.3 is 15.5 Å². The summed E-state index contributed by atoms with van der Waals surface area (Å²) < 4.78 is 46.2. The van der Waals surface area contributed by atoms with Gasteiger partial charge in [-0.05, 0) is 42.8 Å². The first-order valence-electron chi connectivity index (χ1n) is 9.34. The van der Waals surface area contributed by atoms with Crippen molar-refractivity contribution >= 4 is 35.0 Å². The van der Waals surface area contributed by atoms with Crippen LogP contribution < -0.4 is 15.5 Å². The Morgan fingerprint density at radius 2 is 1.94 bits per heavy atom. The third-order valence-corrected chi connectivity index (χ3v) is 6.43. The lowest BCUT2D eigenvalue weighted by molar-refractivity contribution is -0.137. The standard InChI is InChI=1S/C20H17ClF3N5O2S/c1-10-26-27-19-29(10)28-16(11-3-6-13(31-2)7-4-11)17(32-19)18(30)25-15-9-12(20(22,23)24)5-8-14(15)21/h3-9,16-17,28H,1-2H3,(H,25,30)/t16-,17-/m1/s1. The average Bonchev–Trinajstić information content (AvgIpc) is 3.13. The van der Waals surface area contributed by atoms with Crippen LogP contribution in [0.1, 0.15) is 23.0 Å². The zero-order chi connectivity index (χ0) is 23.0. The predicted molar refractivity (Wildman–Crippen MR) is 115 cm³/mol. The highest BCUT2D eigenvalue weighted by molar-refractivity contribution is 8.00. The van der Waals surface area contributed by atoms with Gasteiger partial charge in [0.05, 0.1) is 29.4 Å². The summed E-state index contributed by atoms with van der Waals surface area (Å²) in [5.41, 5.74) is 2.96. The predicted octanol–water partition coefficient (Wildman–Crippen LogP) is 4.67. The van der Waals surface area contributed by atoms with Gasteiger partial charge in [-0.15, -0.1) is 10.2 Å². The lowest BCUT2D eigenvalue weighted by Crippen LogP contribution is -2.41. The second-order valence-electron chi connectivity index (χ2n) is 6.97. The highest BCUT2D eigenvalue weighted by atomic mass is 35.5. The summed E-state index contributed by atoms with van der Waals surface area (Å²) in [5, 5.41) is 10.3. The fourth-order valence-corrected chi connectivity index (χ4v) is 4.51. The zero-order valence-electron chi connectivity index (χ0n) is 16.8. The first kappa shape index (κ1) is 22.3. The van der Waals surface area contributed by atoms with Crippen molar-refractivity contribution in [3.05, 3.63) is 64.4 Å². The fourth-order valence-electron chi connectivity index (χ4n) is 3.22. The molecule has 1 aromatic heterocycles. The van der Waals surface area contributed by atoms with E-state index in [4.69, 9.17) is 16.3 Å². The van der Waals surface area contributed by atoms with Crippen molar-refractivity contribution in [2.45, 2.75) is 29.5 Å². The number of carbonyl (C=O) groups excluding carboxylic acids is 1. The summed E-state index contributed by atoms with van der Waals surface area (Å²) in [6, 6.07) is 9.38. The molecule has 7 nitrogen and oxygen atoms in total.